The number of alkyl halides is 3. The second-order valence-corrected chi connectivity index (χ2v) is 5.65. The molecule has 1 aliphatic rings. The molecule has 1 fully saturated rings. The van der Waals surface area contributed by atoms with Crippen LogP contribution in [-0.4, -0.2) is 11.2 Å². The zero-order valence-electron chi connectivity index (χ0n) is 11.5. The van der Waals surface area contributed by atoms with E-state index in [9.17, 15) is 22.7 Å². The predicted molar refractivity (Wildman–Crippen MR) is 70.9 cm³/mol. The van der Waals surface area contributed by atoms with Crippen molar-refractivity contribution < 1.29 is 22.7 Å². The highest BCUT2D eigenvalue weighted by Gasteiger charge is 2.35. The summed E-state index contributed by atoms with van der Waals surface area (Å²) in [6.07, 6.45) is -0.943. The summed E-state index contributed by atoms with van der Waals surface area (Å²) < 4.78 is 51.4. The summed E-state index contributed by atoms with van der Waals surface area (Å²) in [7, 11) is 0. The fraction of sp³-hybridized carbons (Fsp3) is 0.600. The fourth-order valence-corrected chi connectivity index (χ4v) is 2.93. The van der Waals surface area contributed by atoms with E-state index in [-0.39, 0.29) is 11.5 Å². The zero-order chi connectivity index (χ0) is 15.6. The van der Waals surface area contributed by atoms with Gasteiger partial charge in [-0.15, -0.1) is 0 Å². The van der Waals surface area contributed by atoms with Crippen molar-refractivity contribution in [3.8, 4) is 0 Å². The monoisotopic (exact) mass is 305 g/mol. The minimum absolute atomic E-state index is 0.00635. The Morgan fingerprint density at radius 2 is 1.76 bits per heavy atom. The SMILES string of the molecule is N[C@H](c1ccc(F)c(C(F)(F)F)c1)[C@@H](O)C1CCCCC1. The molecule has 0 heterocycles. The lowest BCUT2D eigenvalue weighted by Gasteiger charge is -2.30. The van der Waals surface area contributed by atoms with Gasteiger partial charge in [-0.05, 0) is 36.5 Å². The zero-order valence-corrected chi connectivity index (χ0v) is 11.5. The standard InChI is InChI=1S/C15H19F4NO/c16-12-7-6-10(8-11(12)15(17,18)19)13(20)14(21)9-4-2-1-3-5-9/h6-9,13-14,21H,1-5,20H2/t13-,14+/m1/s1. The molecule has 1 aromatic carbocycles. The van der Waals surface area contributed by atoms with Gasteiger partial charge in [0, 0.05) is 0 Å². The van der Waals surface area contributed by atoms with Crippen LogP contribution in [0.3, 0.4) is 0 Å². The molecule has 0 spiro atoms. The van der Waals surface area contributed by atoms with E-state index in [2.05, 4.69) is 0 Å². The molecule has 1 saturated carbocycles. The second kappa shape index (κ2) is 6.32. The van der Waals surface area contributed by atoms with E-state index in [0.29, 0.717) is 6.07 Å². The van der Waals surface area contributed by atoms with Gasteiger partial charge in [0.05, 0.1) is 17.7 Å². The highest BCUT2D eigenvalue weighted by atomic mass is 19.4. The van der Waals surface area contributed by atoms with Crippen LogP contribution in [0.5, 0.6) is 0 Å². The van der Waals surface area contributed by atoms with Crippen LogP contribution in [0.15, 0.2) is 18.2 Å². The third kappa shape index (κ3) is 3.74. The van der Waals surface area contributed by atoms with Crippen molar-refractivity contribution in [2.75, 3.05) is 0 Å². The Hall–Kier alpha value is -1.14. The van der Waals surface area contributed by atoms with Crippen LogP contribution in [0.4, 0.5) is 17.6 Å². The third-order valence-corrected chi connectivity index (χ3v) is 4.18. The molecule has 2 nitrogen and oxygen atoms in total. The maximum atomic E-state index is 13.3. The minimum Gasteiger partial charge on any atom is -0.391 e. The first-order valence-corrected chi connectivity index (χ1v) is 7.11. The van der Waals surface area contributed by atoms with Gasteiger partial charge in [0.1, 0.15) is 5.82 Å². The number of aliphatic hydroxyl groups is 1. The summed E-state index contributed by atoms with van der Waals surface area (Å²) in [4.78, 5) is 0. The molecule has 118 valence electrons. The molecule has 0 unspecified atom stereocenters. The van der Waals surface area contributed by atoms with Crippen LogP contribution in [0.1, 0.15) is 49.3 Å². The highest BCUT2D eigenvalue weighted by Crippen LogP contribution is 2.35. The van der Waals surface area contributed by atoms with Crippen LogP contribution in [0, 0.1) is 11.7 Å². The van der Waals surface area contributed by atoms with Gasteiger partial charge in [0.25, 0.3) is 0 Å². The number of rotatable bonds is 3. The fourth-order valence-electron chi connectivity index (χ4n) is 2.93. The van der Waals surface area contributed by atoms with Crippen LogP contribution < -0.4 is 5.73 Å². The Balaban J connectivity index is 2.20. The smallest absolute Gasteiger partial charge is 0.391 e. The van der Waals surface area contributed by atoms with E-state index in [1.165, 1.54) is 6.07 Å². The summed E-state index contributed by atoms with van der Waals surface area (Å²) in [6, 6.07) is 1.73. The van der Waals surface area contributed by atoms with Crippen molar-refractivity contribution in [2.24, 2.45) is 11.7 Å². The number of hydrogen-bond donors (Lipinski definition) is 2. The van der Waals surface area contributed by atoms with E-state index >= 15 is 0 Å². The van der Waals surface area contributed by atoms with Crippen molar-refractivity contribution in [2.45, 2.75) is 50.4 Å². The van der Waals surface area contributed by atoms with E-state index in [0.717, 1.165) is 38.2 Å². The lowest BCUT2D eigenvalue weighted by atomic mass is 9.81. The van der Waals surface area contributed by atoms with E-state index in [1.807, 2.05) is 0 Å². The third-order valence-electron chi connectivity index (χ3n) is 4.18. The number of aliphatic hydroxyl groups excluding tert-OH is 1. The molecule has 0 aromatic heterocycles. The van der Waals surface area contributed by atoms with Crippen molar-refractivity contribution in [1.29, 1.82) is 0 Å². The number of hydrogen-bond acceptors (Lipinski definition) is 2. The average Bonchev–Trinajstić information content (AvgIpc) is 2.46. The largest absolute Gasteiger partial charge is 0.419 e. The summed E-state index contributed by atoms with van der Waals surface area (Å²) in [6.45, 7) is 0. The molecule has 0 radical (unpaired) electrons. The first kappa shape index (κ1) is 16.2. The summed E-state index contributed by atoms with van der Waals surface area (Å²) in [5.74, 6) is -1.33. The highest BCUT2D eigenvalue weighted by molar-refractivity contribution is 5.30. The van der Waals surface area contributed by atoms with Gasteiger partial charge in [-0.1, -0.05) is 25.3 Å². The van der Waals surface area contributed by atoms with Gasteiger partial charge in [-0.25, -0.2) is 4.39 Å². The van der Waals surface area contributed by atoms with Gasteiger partial charge in [0.15, 0.2) is 0 Å². The number of halogens is 4. The molecular weight excluding hydrogens is 286 g/mol. The molecule has 2 atom stereocenters. The molecule has 0 amide bonds. The Morgan fingerprint density at radius 1 is 1.14 bits per heavy atom. The van der Waals surface area contributed by atoms with Crippen LogP contribution in [0.2, 0.25) is 0 Å². The second-order valence-electron chi connectivity index (χ2n) is 5.65. The molecule has 3 N–H and O–H groups in total. The minimum atomic E-state index is -4.77. The number of benzene rings is 1. The Morgan fingerprint density at radius 3 is 2.33 bits per heavy atom. The summed E-state index contributed by atoms with van der Waals surface area (Å²) >= 11 is 0. The molecule has 0 bridgehead atoms. The molecule has 1 aromatic rings. The van der Waals surface area contributed by atoms with Crippen molar-refractivity contribution in [3.05, 3.63) is 35.1 Å². The van der Waals surface area contributed by atoms with E-state index in [1.54, 1.807) is 0 Å². The quantitative estimate of drug-likeness (QED) is 0.835. The van der Waals surface area contributed by atoms with Gasteiger partial charge < -0.3 is 10.8 Å². The predicted octanol–water partition coefficient (Wildman–Crippen LogP) is 3.79. The van der Waals surface area contributed by atoms with Gasteiger partial charge in [-0.2, -0.15) is 13.2 Å². The Bertz CT molecular complexity index is 483. The lowest BCUT2D eigenvalue weighted by Crippen LogP contribution is -2.34. The number of nitrogens with two attached hydrogens (primary N) is 1. The van der Waals surface area contributed by atoms with Gasteiger partial charge >= 0.3 is 6.18 Å². The van der Waals surface area contributed by atoms with Crippen molar-refractivity contribution in [3.63, 3.8) is 0 Å². The lowest BCUT2D eigenvalue weighted by molar-refractivity contribution is -0.140. The van der Waals surface area contributed by atoms with Crippen molar-refractivity contribution in [1.82, 2.24) is 0 Å². The molecule has 0 saturated heterocycles. The Kier molecular flexibility index (Phi) is 4.88. The first-order chi connectivity index (χ1) is 9.80. The van der Waals surface area contributed by atoms with Gasteiger partial charge in [0.2, 0.25) is 0 Å². The summed E-state index contributed by atoms with van der Waals surface area (Å²) in [5, 5.41) is 10.3. The van der Waals surface area contributed by atoms with E-state index in [4.69, 9.17) is 5.73 Å². The maximum Gasteiger partial charge on any atom is 0.419 e. The van der Waals surface area contributed by atoms with Gasteiger partial charge in [-0.3, -0.25) is 0 Å². The molecule has 21 heavy (non-hydrogen) atoms. The normalized spacial score (nSPS) is 20.3. The topological polar surface area (TPSA) is 46.2 Å². The molecule has 2 rings (SSSR count). The first-order valence-electron chi connectivity index (χ1n) is 7.11. The van der Waals surface area contributed by atoms with Crippen molar-refractivity contribution >= 4 is 0 Å². The molecule has 1 aliphatic carbocycles. The van der Waals surface area contributed by atoms with Crippen LogP contribution in [-0.2, 0) is 6.18 Å². The van der Waals surface area contributed by atoms with Crippen LogP contribution in [0.25, 0.3) is 0 Å². The Labute approximate surface area is 121 Å². The van der Waals surface area contributed by atoms with E-state index < -0.39 is 29.7 Å². The average molecular weight is 305 g/mol. The molecular formula is C15H19F4NO. The molecule has 6 heteroatoms. The van der Waals surface area contributed by atoms with Crippen LogP contribution >= 0.6 is 0 Å². The summed E-state index contributed by atoms with van der Waals surface area (Å²) in [5.41, 5.74) is 4.66. The molecule has 0 aliphatic heterocycles. The maximum absolute atomic E-state index is 13.3.